The van der Waals surface area contributed by atoms with Gasteiger partial charge in [-0.05, 0) is 30.4 Å². The van der Waals surface area contributed by atoms with Crippen molar-refractivity contribution in [1.82, 2.24) is 14.9 Å². The summed E-state index contributed by atoms with van der Waals surface area (Å²) in [5, 5.41) is 2.47. The highest BCUT2D eigenvalue weighted by molar-refractivity contribution is 6.39. The largest absolute Gasteiger partial charge is 0.366 e. The number of carbonyl (C=O) groups is 3. The summed E-state index contributed by atoms with van der Waals surface area (Å²) in [6.45, 7) is 2.44. The molecule has 0 spiro atoms. The molecule has 2 atom stereocenters. The van der Waals surface area contributed by atoms with Crippen LogP contribution in [0.15, 0.2) is 41.6 Å². The normalized spacial score (nSPS) is 19.1. The van der Waals surface area contributed by atoms with Crippen LogP contribution in [-0.4, -0.2) is 39.1 Å². The second-order valence-electron chi connectivity index (χ2n) is 6.92. The number of aromatic nitrogens is 2. The Morgan fingerprint density at radius 3 is 2.71 bits per heavy atom. The highest BCUT2D eigenvalue weighted by Gasteiger charge is 2.34. The fourth-order valence-corrected chi connectivity index (χ4v) is 3.31. The minimum Gasteiger partial charge on any atom is -0.366 e. The van der Waals surface area contributed by atoms with E-state index in [0.717, 1.165) is 12.0 Å². The van der Waals surface area contributed by atoms with Gasteiger partial charge in [-0.15, -0.1) is 0 Å². The summed E-state index contributed by atoms with van der Waals surface area (Å²) in [5.41, 5.74) is 6.08. The Balaban J connectivity index is 1.80. The molecule has 28 heavy (non-hydrogen) atoms. The van der Waals surface area contributed by atoms with Crippen molar-refractivity contribution >= 4 is 23.4 Å². The molecule has 0 unspecified atom stereocenters. The molecule has 1 saturated heterocycles. The van der Waals surface area contributed by atoms with Crippen molar-refractivity contribution in [2.75, 3.05) is 11.9 Å². The Labute approximate surface area is 161 Å². The Bertz CT molecular complexity index is 950. The Hall–Kier alpha value is -3.49. The minimum absolute atomic E-state index is 0.128. The molecule has 3 heterocycles. The number of anilines is 1. The first-order valence-electron chi connectivity index (χ1n) is 8.90. The Kier molecular flexibility index (Phi) is 5.53. The first-order chi connectivity index (χ1) is 13.3. The predicted octanol–water partition coefficient (Wildman–Crippen LogP) is 0.807. The first-order valence-corrected chi connectivity index (χ1v) is 8.90. The number of likely N-dealkylation sites (tertiary alicyclic amines) is 1. The van der Waals surface area contributed by atoms with E-state index in [1.165, 1.54) is 29.4 Å². The number of amides is 3. The number of pyridine rings is 2. The number of hydrogen-bond acceptors (Lipinski definition) is 5. The van der Waals surface area contributed by atoms with Crippen molar-refractivity contribution < 1.29 is 14.4 Å². The van der Waals surface area contributed by atoms with Gasteiger partial charge in [0.05, 0.1) is 23.5 Å². The molecule has 9 heteroatoms. The predicted molar refractivity (Wildman–Crippen MR) is 101 cm³/mol. The molecule has 3 rings (SSSR count). The zero-order valence-corrected chi connectivity index (χ0v) is 15.3. The van der Waals surface area contributed by atoms with Gasteiger partial charge in [-0.2, -0.15) is 0 Å². The molecule has 3 amide bonds. The Morgan fingerprint density at radius 2 is 2.04 bits per heavy atom. The molecule has 2 aromatic rings. The number of H-pyrrole nitrogens is 1. The van der Waals surface area contributed by atoms with Crippen molar-refractivity contribution in [3.8, 4) is 0 Å². The lowest BCUT2D eigenvalue weighted by atomic mass is 9.90. The lowest BCUT2D eigenvalue weighted by molar-refractivity contribution is -0.146. The summed E-state index contributed by atoms with van der Waals surface area (Å²) < 4.78 is 0. The van der Waals surface area contributed by atoms with Crippen molar-refractivity contribution in [3.63, 3.8) is 0 Å². The van der Waals surface area contributed by atoms with Gasteiger partial charge < -0.3 is 20.9 Å². The quantitative estimate of drug-likeness (QED) is 0.673. The molecular weight excluding hydrogens is 362 g/mol. The van der Waals surface area contributed by atoms with Crippen LogP contribution in [0.3, 0.4) is 0 Å². The van der Waals surface area contributed by atoms with Crippen LogP contribution in [0.2, 0.25) is 0 Å². The lowest BCUT2D eigenvalue weighted by Gasteiger charge is -2.38. The number of primary amides is 1. The third kappa shape index (κ3) is 4.25. The molecule has 1 aliphatic heterocycles. The second kappa shape index (κ2) is 8.03. The molecule has 0 radical (unpaired) electrons. The van der Waals surface area contributed by atoms with E-state index in [0.29, 0.717) is 13.0 Å². The summed E-state index contributed by atoms with van der Waals surface area (Å²) in [4.78, 5) is 55.9. The van der Waals surface area contributed by atoms with E-state index in [2.05, 4.69) is 15.3 Å². The van der Waals surface area contributed by atoms with Crippen molar-refractivity contribution in [1.29, 1.82) is 0 Å². The summed E-state index contributed by atoms with van der Waals surface area (Å²) in [7, 11) is 0. The first kappa shape index (κ1) is 19.3. The number of nitrogens with one attached hydrogen (secondary N) is 2. The van der Waals surface area contributed by atoms with Crippen LogP contribution in [-0.2, 0) is 9.59 Å². The van der Waals surface area contributed by atoms with Gasteiger partial charge >= 0.3 is 11.8 Å². The van der Waals surface area contributed by atoms with Crippen LogP contribution in [0.5, 0.6) is 0 Å². The van der Waals surface area contributed by atoms with E-state index in [1.54, 1.807) is 12.3 Å². The SMILES string of the molecule is C[C@@H]1CC[C@@H](c2ccc(=O)[nH]c2)N(C(=O)C(=O)Nc2cncc(C(N)=O)c2)C1. The highest BCUT2D eigenvalue weighted by atomic mass is 16.2. The molecule has 0 aliphatic carbocycles. The molecule has 4 N–H and O–H groups in total. The summed E-state index contributed by atoms with van der Waals surface area (Å²) >= 11 is 0. The van der Waals surface area contributed by atoms with Crippen LogP contribution in [0, 0.1) is 5.92 Å². The summed E-state index contributed by atoms with van der Waals surface area (Å²) in [5.74, 6) is -1.95. The van der Waals surface area contributed by atoms with E-state index in [-0.39, 0.29) is 28.8 Å². The maximum Gasteiger partial charge on any atom is 0.313 e. The fourth-order valence-electron chi connectivity index (χ4n) is 3.31. The van der Waals surface area contributed by atoms with Crippen LogP contribution < -0.4 is 16.6 Å². The van der Waals surface area contributed by atoms with Gasteiger partial charge in [-0.3, -0.25) is 24.2 Å². The number of piperidine rings is 1. The van der Waals surface area contributed by atoms with Gasteiger partial charge in [0, 0.05) is 25.0 Å². The zero-order valence-electron chi connectivity index (χ0n) is 15.3. The maximum absolute atomic E-state index is 12.8. The number of aromatic amines is 1. The Morgan fingerprint density at radius 1 is 1.25 bits per heavy atom. The summed E-state index contributed by atoms with van der Waals surface area (Å²) in [6, 6.07) is 4.12. The molecule has 1 aliphatic rings. The topological polar surface area (TPSA) is 138 Å². The van der Waals surface area contributed by atoms with Crippen LogP contribution in [0.25, 0.3) is 0 Å². The molecule has 2 aromatic heterocycles. The average molecular weight is 383 g/mol. The van der Waals surface area contributed by atoms with Gasteiger partial charge in [-0.25, -0.2) is 0 Å². The monoisotopic (exact) mass is 383 g/mol. The number of carbonyl (C=O) groups excluding carboxylic acids is 3. The minimum atomic E-state index is -0.827. The highest BCUT2D eigenvalue weighted by Crippen LogP contribution is 2.32. The van der Waals surface area contributed by atoms with Gasteiger partial charge in [0.15, 0.2) is 0 Å². The van der Waals surface area contributed by atoms with E-state index in [1.807, 2.05) is 6.92 Å². The standard InChI is InChI=1S/C19H21N5O4/c1-11-2-4-15(12-3-5-16(25)22-8-12)24(10-11)19(28)18(27)23-14-6-13(17(20)26)7-21-9-14/h3,5-9,11,15H,2,4,10H2,1H3,(H2,20,26)(H,22,25)(H,23,27)/t11-,15+/m1/s1. The van der Waals surface area contributed by atoms with Crippen LogP contribution in [0.4, 0.5) is 5.69 Å². The number of hydrogen-bond donors (Lipinski definition) is 3. The van der Waals surface area contributed by atoms with Crippen LogP contribution in [0.1, 0.15) is 41.7 Å². The molecule has 0 bridgehead atoms. The van der Waals surface area contributed by atoms with Gasteiger partial charge in [0.1, 0.15) is 0 Å². The average Bonchev–Trinajstić information content (AvgIpc) is 2.68. The van der Waals surface area contributed by atoms with Gasteiger partial charge in [0.25, 0.3) is 0 Å². The van der Waals surface area contributed by atoms with E-state index in [4.69, 9.17) is 5.73 Å². The van der Waals surface area contributed by atoms with Gasteiger partial charge in [0.2, 0.25) is 11.5 Å². The van der Waals surface area contributed by atoms with Crippen molar-refractivity contribution in [3.05, 3.63) is 58.3 Å². The van der Waals surface area contributed by atoms with E-state index < -0.39 is 17.7 Å². The fraction of sp³-hybridized carbons (Fsp3) is 0.316. The van der Waals surface area contributed by atoms with E-state index >= 15 is 0 Å². The third-order valence-corrected chi connectivity index (χ3v) is 4.75. The second-order valence-corrected chi connectivity index (χ2v) is 6.92. The number of nitrogens with two attached hydrogens (primary N) is 1. The molecule has 146 valence electrons. The smallest absolute Gasteiger partial charge is 0.313 e. The van der Waals surface area contributed by atoms with Gasteiger partial charge in [-0.1, -0.05) is 13.0 Å². The van der Waals surface area contributed by atoms with Crippen molar-refractivity contribution in [2.45, 2.75) is 25.8 Å². The molecule has 9 nitrogen and oxygen atoms in total. The molecular formula is C19H21N5O4. The molecule has 0 saturated carbocycles. The number of nitrogens with zero attached hydrogens (tertiary/aromatic N) is 2. The van der Waals surface area contributed by atoms with E-state index in [9.17, 15) is 19.2 Å². The maximum atomic E-state index is 12.8. The zero-order chi connectivity index (χ0) is 20.3. The van der Waals surface area contributed by atoms with Crippen molar-refractivity contribution in [2.24, 2.45) is 11.7 Å². The number of rotatable bonds is 3. The lowest BCUT2D eigenvalue weighted by Crippen LogP contribution is -2.46. The molecule has 0 aromatic carbocycles. The third-order valence-electron chi connectivity index (χ3n) is 4.75. The van der Waals surface area contributed by atoms with Crippen LogP contribution >= 0.6 is 0 Å². The molecule has 1 fully saturated rings. The summed E-state index contributed by atoms with van der Waals surface area (Å²) in [6.07, 6.45) is 5.76.